The Morgan fingerprint density at radius 3 is 2.53 bits per heavy atom. The molecule has 0 aliphatic heterocycles. The number of hydrogen-bond acceptors (Lipinski definition) is 3. The van der Waals surface area contributed by atoms with Crippen LogP contribution in [0.1, 0.15) is 29.9 Å². The number of ketones is 1. The fraction of sp³-hybridized carbons (Fsp3) is 0.333. The second-order valence-electron chi connectivity index (χ2n) is 4.28. The number of benzene rings is 1. The number of hydrogen-bond donors (Lipinski definition) is 0. The maximum Gasteiger partial charge on any atom is 0.381 e. The van der Waals surface area contributed by atoms with Crippen LogP contribution in [0.3, 0.4) is 0 Å². The maximum absolute atomic E-state index is 12.2. The van der Waals surface area contributed by atoms with Gasteiger partial charge in [-0.3, -0.25) is 4.79 Å². The first-order valence-electron chi connectivity index (χ1n) is 6.41. The minimum Gasteiger partial charge on any atom is -0.460 e. The van der Waals surface area contributed by atoms with Gasteiger partial charge in [-0.15, -0.1) is 0 Å². The first kappa shape index (κ1) is 13.3. The van der Waals surface area contributed by atoms with E-state index < -0.39 is 11.8 Å². The zero-order valence-electron chi connectivity index (χ0n) is 11.4. The van der Waals surface area contributed by atoms with E-state index in [1.807, 2.05) is 42.7 Å². The van der Waals surface area contributed by atoms with Crippen LogP contribution in [0.4, 0.5) is 0 Å². The molecule has 0 aliphatic rings. The Kier molecular flexibility index (Phi) is 3.69. The van der Waals surface area contributed by atoms with Gasteiger partial charge in [-0.05, 0) is 32.4 Å². The molecule has 2 rings (SSSR count). The molecule has 4 nitrogen and oxygen atoms in total. The monoisotopic (exact) mass is 259 g/mol. The number of carbonyl (C=O) groups excluding carboxylic acids is 2. The van der Waals surface area contributed by atoms with E-state index in [4.69, 9.17) is 4.74 Å². The van der Waals surface area contributed by atoms with E-state index in [-0.39, 0.29) is 6.61 Å². The van der Waals surface area contributed by atoms with E-state index in [1.165, 1.54) is 0 Å². The molecule has 19 heavy (non-hydrogen) atoms. The highest BCUT2D eigenvalue weighted by molar-refractivity contribution is 6.41. The molecule has 0 amide bonds. The second-order valence-corrected chi connectivity index (χ2v) is 4.28. The van der Waals surface area contributed by atoms with Crippen molar-refractivity contribution < 1.29 is 14.3 Å². The van der Waals surface area contributed by atoms with Crippen molar-refractivity contribution in [1.29, 1.82) is 0 Å². The van der Waals surface area contributed by atoms with Crippen LogP contribution in [0, 0.1) is 6.92 Å². The Labute approximate surface area is 112 Å². The Balaban J connectivity index is 2.62. The highest BCUT2D eigenvalue weighted by Crippen LogP contribution is 2.26. The molecule has 1 aromatic carbocycles. The van der Waals surface area contributed by atoms with Crippen LogP contribution in [0.5, 0.6) is 0 Å². The lowest BCUT2D eigenvalue weighted by Gasteiger charge is -2.07. The van der Waals surface area contributed by atoms with Crippen molar-refractivity contribution in [2.24, 2.45) is 0 Å². The minimum absolute atomic E-state index is 0.204. The molecule has 0 fully saturated rings. The summed E-state index contributed by atoms with van der Waals surface area (Å²) in [4.78, 5) is 23.9. The molecular formula is C15H17NO3. The molecule has 0 radical (unpaired) electrons. The number of para-hydroxylation sites is 1. The van der Waals surface area contributed by atoms with Crippen LogP contribution in [0.25, 0.3) is 10.9 Å². The number of rotatable bonds is 4. The Morgan fingerprint density at radius 2 is 1.89 bits per heavy atom. The van der Waals surface area contributed by atoms with Crippen LogP contribution < -0.4 is 0 Å². The number of ether oxygens (including phenoxy) is 1. The van der Waals surface area contributed by atoms with Gasteiger partial charge in [-0.25, -0.2) is 4.79 Å². The summed E-state index contributed by atoms with van der Waals surface area (Å²) in [7, 11) is 0. The van der Waals surface area contributed by atoms with Gasteiger partial charge < -0.3 is 9.30 Å². The zero-order chi connectivity index (χ0) is 14.0. The molecule has 0 bridgehead atoms. The first-order chi connectivity index (χ1) is 9.11. The van der Waals surface area contributed by atoms with Crippen LogP contribution >= 0.6 is 0 Å². The second kappa shape index (κ2) is 5.26. The summed E-state index contributed by atoms with van der Waals surface area (Å²) >= 11 is 0. The molecule has 0 unspecified atom stereocenters. The van der Waals surface area contributed by atoms with Gasteiger partial charge in [0.05, 0.1) is 6.61 Å². The fourth-order valence-corrected chi connectivity index (χ4v) is 2.39. The molecule has 0 saturated heterocycles. The summed E-state index contributed by atoms with van der Waals surface area (Å²) in [5.74, 6) is -1.36. The van der Waals surface area contributed by atoms with Crippen molar-refractivity contribution in [3.8, 4) is 0 Å². The molecule has 1 aromatic heterocycles. The molecule has 0 aliphatic carbocycles. The van der Waals surface area contributed by atoms with E-state index in [1.54, 1.807) is 6.92 Å². The van der Waals surface area contributed by atoms with Crippen molar-refractivity contribution in [2.45, 2.75) is 27.3 Å². The van der Waals surface area contributed by atoms with Gasteiger partial charge in [-0.1, -0.05) is 18.2 Å². The summed E-state index contributed by atoms with van der Waals surface area (Å²) < 4.78 is 6.67. The van der Waals surface area contributed by atoms with E-state index in [9.17, 15) is 9.59 Å². The Hall–Kier alpha value is -2.10. The molecule has 0 spiro atoms. The van der Waals surface area contributed by atoms with E-state index in [2.05, 4.69) is 0 Å². The average molecular weight is 259 g/mol. The Bertz CT molecular complexity index is 640. The number of aromatic nitrogens is 1. The lowest BCUT2D eigenvalue weighted by Crippen LogP contribution is -2.21. The highest BCUT2D eigenvalue weighted by atomic mass is 16.5. The summed E-state index contributed by atoms with van der Waals surface area (Å²) in [6.07, 6.45) is 0. The highest BCUT2D eigenvalue weighted by Gasteiger charge is 2.25. The van der Waals surface area contributed by atoms with Gasteiger partial charge in [0.2, 0.25) is 0 Å². The number of esters is 1. The molecule has 1 heterocycles. The largest absolute Gasteiger partial charge is 0.460 e. The quantitative estimate of drug-likeness (QED) is 0.482. The van der Waals surface area contributed by atoms with Gasteiger partial charge in [0.15, 0.2) is 0 Å². The number of fused-ring (bicyclic) bond motifs is 1. The summed E-state index contributed by atoms with van der Waals surface area (Å²) in [5, 5.41) is 0.997. The fourth-order valence-electron chi connectivity index (χ4n) is 2.39. The number of Topliss-reactive ketones (excluding diaryl/α,β-unsaturated/α-hetero) is 1. The van der Waals surface area contributed by atoms with Crippen molar-refractivity contribution in [3.05, 3.63) is 35.5 Å². The van der Waals surface area contributed by atoms with Gasteiger partial charge in [-0.2, -0.15) is 0 Å². The molecule has 0 saturated carbocycles. The van der Waals surface area contributed by atoms with Crippen molar-refractivity contribution in [2.75, 3.05) is 6.61 Å². The van der Waals surface area contributed by atoms with Crippen molar-refractivity contribution in [3.63, 3.8) is 0 Å². The predicted octanol–water partition coefficient (Wildman–Crippen LogP) is 2.72. The maximum atomic E-state index is 12.2. The molecule has 100 valence electrons. The van der Waals surface area contributed by atoms with Crippen LogP contribution in [-0.4, -0.2) is 22.9 Å². The van der Waals surface area contributed by atoms with Gasteiger partial charge >= 0.3 is 5.97 Å². The smallest absolute Gasteiger partial charge is 0.381 e. The van der Waals surface area contributed by atoms with E-state index >= 15 is 0 Å². The molecule has 4 heteroatoms. The SMILES string of the molecule is CCOC(=O)C(=O)c1c(C)c2ccccc2n1CC. The molecule has 0 N–H and O–H groups in total. The topological polar surface area (TPSA) is 48.3 Å². The molecule has 2 aromatic rings. The molecular weight excluding hydrogens is 242 g/mol. The standard InChI is InChI=1S/C15H17NO3/c1-4-16-12-9-7-6-8-11(12)10(3)13(16)14(17)15(18)19-5-2/h6-9H,4-5H2,1-3H3. The van der Waals surface area contributed by atoms with Gasteiger partial charge in [0.25, 0.3) is 5.78 Å². The third kappa shape index (κ3) is 2.14. The normalized spacial score (nSPS) is 10.7. The lowest BCUT2D eigenvalue weighted by molar-refractivity contribution is -0.137. The van der Waals surface area contributed by atoms with Crippen LogP contribution in [0.2, 0.25) is 0 Å². The third-order valence-electron chi connectivity index (χ3n) is 3.22. The summed E-state index contributed by atoms with van der Waals surface area (Å²) in [6.45, 7) is 6.34. The van der Waals surface area contributed by atoms with Gasteiger partial charge in [0, 0.05) is 17.4 Å². The number of carbonyl (C=O) groups is 2. The zero-order valence-corrected chi connectivity index (χ0v) is 11.4. The van der Waals surface area contributed by atoms with E-state index in [0.29, 0.717) is 12.2 Å². The van der Waals surface area contributed by atoms with Crippen LogP contribution in [0.15, 0.2) is 24.3 Å². The van der Waals surface area contributed by atoms with E-state index in [0.717, 1.165) is 16.5 Å². The predicted molar refractivity (Wildman–Crippen MR) is 73.3 cm³/mol. The Morgan fingerprint density at radius 1 is 1.21 bits per heavy atom. The van der Waals surface area contributed by atoms with Gasteiger partial charge in [0.1, 0.15) is 5.69 Å². The third-order valence-corrected chi connectivity index (χ3v) is 3.22. The number of aryl methyl sites for hydroxylation is 2. The summed E-state index contributed by atoms with van der Waals surface area (Å²) in [6, 6.07) is 7.76. The first-order valence-corrected chi connectivity index (χ1v) is 6.41. The number of nitrogens with zero attached hydrogens (tertiary/aromatic N) is 1. The molecule has 0 atom stereocenters. The lowest BCUT2D eigenvalue weighted by atomic mass is 10.1. The minimum atomic E-state index is -0.789. The summed E-state index contributed by atoms with van der Waals surface area (Å²) in [5.41, 5.74) is 2.23. The van der Waals surface area contributed by atoms with Crippen LogP contribution in [-0.2, 0) is 16.1 Å². The van der Waals surface area contributed by atoms with Crippen molar-refractivity contribution in [1.82, 2.24) is 4.57 Å². The van der Waals surface area contributed by atoms with Crippen molar-refractivity contribution >= 4 is 22.7 Å². The average Bonchev–Trinajstić information content (AvgIpc) is 2.71.